The van der Waals surface area contributed by atoms with Crippen molar-refractivity contribution < 1.29 is 23.1 Å². The smallest absolute Gasteiger partial charge is 0.254 e. The molecule has 0 aromatic heterocycles. The van der Waals surface area contributed by atoms with Crippen molar-refractivity contribution in [3.8, 4) is 5.75 Å². The zero-order valence-corrected chi connectivity index (χ0v) is 15.3. The fraction of sp³-hybridized carbons (Fsp3) is 0.500. The molecule has 0 unspecified atom stereocenters. The molecule has 1 aromatic carbocycles. The predicted octanol–water partition coefficient (Wildman–Crippen LogP) is 2.91. The van der Waals surface area contributed by atoms with E-state index in [0.29, 0.717) is 19.6 Å². The van der Waals surface area contributed by atoms with E-state index in [2.05, 4.69) is 22.2 Å². The monoisotopic (exact) mass is 378 g/mol. The molecule has 2 amide bonds. The van der Waals surface area contributed by atoms with Gasteiger partial charge in [0.2, 0.25) is 5.91 Å². The summed E-state index contributed by atoms with van der Waals surface area (Å²) < 4.78 is 32.3. The molecule has 7 heteroatoms. The molecule has 1 aliphatic heterocycles. The molecule has 1 aromatic rings. The zero-order chi connectivity index (χ0) is 19.4. The summed E-state index contributed by atoms with van der Waals surface area (Å²) in [6.45, 7) is 1.74. The van der Waals surface area contributed by atoms with E-state index in [9.17, 15) is 18.4 Å². The first-order valence-electron chi connectivity index (χ1n) is 9.25. The van der Waals surface area contributed by atoms with Crippen molar-refractivity contribution in [2.75, 3.05) is 26.7 Å². The largest absolute Gasteiger partial charge is 0.491 e. The Balaban J connectivity index is 1.49. The first-order valence-corrected chi connectivity index (χ1v) is 9.25. The number of rotatable bonds is 5. The third-order valence-electron chi connectivity index (χ3n) is 5.33. The number of methoxy groups -OCH3 is 1. The molecular weight excluding hydrogens is 354 g/mol. The Morgan fingerprint density at radius 1 is 1.19 bits per heavy atom. The molecule has 1 fully saturated rings. The third kappa shape index (κ3) is 4.28. The second kappa shape index (κ2) is 8.50. The van der Waals surface area contributed by atoms with E-state index in [1.54, 1.807) is 0 Å². The Kier molecular flexibility index (Phi) is 6.08. The van der Waals surface area contributed by atoms with Crippen molar-refractivity contribution in [1.29, 1.82) is 0 Å². The van der Waals surface area contributed by atoms with Gasteiger partial charge in [-0.05, 0) is 43.7 Å². The van der Waals surface area contributed by atoms with E-state index in [4.69, 9.17) is 0 Å². The van der Waals surface area contributed by atoms with E-state index in [-0.39, 0.29) is 23.3 Å². The van der Waals surface area contributed by atoms with Crippen LogP contribution in [-0.4, -0.2) is 43.5 Å². The van der Waals surface area contributed by atoms with Crippen LogP contribution in [0, 0.1) is 23.5 Å². The fourth-order valence-electron chi connectivity index (χ4n) is 3.66. The summed E-state index contributed by atoms with van der Waals surface area (Å²) in [5, 5.41) is 2.71. The number of hydrogen-bond donors (Lipinski definition) is 1. The Bertz CT molecular complexity index is 735. The number of benzene rings is 1. The number of carbonyl (C=O) groups is 2. The van der Waals surface area contributed by atoms with Crippen LogP contribution in [0.1, 0.15) is 36.0 Å². The minimum atomic E-state index is -0.999. The lowest BCUT2D eigenvalue weighted by Crippen LogP contribution is -2.43. The van der Waals surface area contributed by atoms with E-state index >= 15 is 0 Å². The van der Waals surface area contributed by atoms with Gasteiger partial charge in [0.15, 0.2) is 17.4 Å². The Morgan fingerprint density at radius 2 is 1.85 bits per heavy atom. The van der Waals surface area contributed by atoms with Crippen LogP contribution < -0.4 is 10.1 Å². The Hall–Kier alpha value is -2.44. The highest BCUT2D eigenvalue weighted by atomic mass is 19.1. The third-order valence-corrected chi connectivity index (χ3v) is 5.33. The van der Waals surface area contributed by atoms with Crippen molar-refractivity contribution >= 4 is 11.8 Å². The van der Waals surface area contributed by atoms with Gasteiger partial charge in [-0.2, -0.15) is 0 Å². The number of nitrogens with zero attached hydrogens (tertiary/aromatic N) is 1. The maximum Gasteiger partial charge on any atom is 0.254 e. The average molecular weight is 378 g/mol. The van der Waals surface area contributed by atoms with Crippen molar-refractivity contribution in [3.05, 3.63) is 41.5 Å². The van der Waals surface area contributed by atoms with E-state index < -0.39 is 23.3 Å². The van der Waals surface area contributed by atoms with Crippen molar-refractivity contribution in [1.82, 2.24) is 10.2 Å². The van der Waals surface area contributed by atoms with Crippen LogP contribution in [0.3, 0.4) is 0 Å². The van der Waals surface area contributed by atoms with Gasteiger partial charge in [0, 0.05) is 25.6 Å². The summed E-state index contributed by atoms with van der Waals surface area (Å²) in [4.78, 5) is 26.6. The van der Waals surface area contributed by atoms with Crippen LogP contribution >= 0.6 is 0 Å². The highest BCUT2D eigenvalue weighted by Crippen LogP contribution is 2.26. The summed E-state index contributed by atoms with van der Waals surface area (Å²) in [6, 6.07) is 2.12. The van der Waals surface area contributed by atoms with E-state index in [0.717, 1.165) is 44.9 Å². The number of halogens is 2. The topological polar surface area (TPSA) is 58.6 Å². The lowest BCUT2D eigenvalue weighted by Gasteiger charge is -2.33. The lowest BCUT2D eigenvalue weighted by atomic mass is 9.95. The molecule has 0 atom stereocenters. The van der Waals surface area contributed by atoms with Gasteiger partial charge >= 0.3 is 0 Å². The van der Waals surface area contributed by atoms with Gasteiger partial charge in [0.05, 0.1) is 12.7 Å². The Morgan fingerprint density at radius 3 is 2.48 bits per heavy atom. The van der Waals surface area contributed by atoms with Gasteiger partial charge in [-0.15, -0.1) is 0 Å². The standard InChI is InChI=1S/C20H24F2N2O3/c1-27-18-16(21)7-6-15(17(18)22)19(25)23-12-13-8-10-24(11-9-13)20(26)14-4-2-3-5-14/h2-3,6-7,13-14H,4-5,8-12H2,1H3,(H,23,25). The van der Waals surface area contributed by atoms with Crippen LogP contribution in [0.2, 0.25) is 0 Å². The second-order valence-corrected chi connectivity index (χ2v) is 7.06. The van der Waals surface area contributed by atoms with Gasteiger partial charge in [-0.25, -0.2) is 8.78 Å². The summed E-state index contributed by atoms with van der Waals surface area (Å²) >= 11 is 0. The van der Waals surface area contributed by atoms with Gasteiger partial charge in [0.25, 0.3) is 5.91 Å². The average Bonchev–Trinajstić information content (AvgIpc) is 3.21. The van der Waals surface area contributed by atoms with Crippen LogP contribution in [0.4, 0.5) is 8.78 Å². The van der Waals surface area contributed by atoms with Crippen molar-refractivity contribution in [2.24, 2.45) is 11.8 Å². The number of ether oxygens (including phenoxy) is 1. The first kappa shape index (κ1) is 19.3. The van der Waals surface area contributed by atoms with Crippen molar-refractivity contribution in [2.45, 2.75) is 25.7 Å². The normalized spacial score (nSPS) is 18.0. The molecule has 0 radical (unpaired) electrons. The molecule has 5 nitrogen and oxygen atoms in total. The number of amides is 2. The highest BCUT2D eigenvalue weighted by molar-refractivity contribution is 5.94. The van der Waals surface area contributed by atoms with E-state index in [1.807, 2.05) is 4.90 Å². The van der Waals surface area contributed by atoms with Crippen molar-refractivity contribution in [3.63, 3.8) is 0 Å². The van der Waals surface area contributed by atoms with Gasteiger partial charge in [-0.3, -0.25) is 9.59 Å². The van der Waals surface area contributed by atoms with Crippen LogP contribution in [-0.2, 0) is 4.79 Å². The molecule has 0 saturated carbocycles. The summed E-state index contributed by atoms with van der Waals surface area (Å²) in [5.41, 5.74) is -0.241. The number of likely N-dealkylation sites (tertiary alicyclic amines) is 1. The number of carbonyl (C=O) groups excluding carboxylic acids is 2. The lowest BCUT2D eigenvalue weighted by molar-refractivity contribution is -0.136. The summed E-state index contributed by atoms with van der Waals surface area (Å²) in [6.07, 6.45) is 7.33. The Labute approximate surface area is 157 Å². The molecule has 1 N–H and O–H groups in total. The summed E-state index contributed by atoms with van der Waals surface area (Å²) in [7, 11) is 1.15. The SMILES string of the molecule is COc1c(F)ccc(C(=O)NCC2CCN(C(=O)C3CC=CC3)CC2)c1F. The molecule has 0 spiro atoms. The molecule has 27 heavy (non-hydrogen) atoms. The number of nitrogens with one attached hydrogen (secondary N) is 1. The van der Waals surface area contributed by atoms with Gasteiger partial charge in [-0.1, -0.05) is 12.2 Å². The molecular formula is C20H24F2N2O3. The molecule has 1 heterocycles. The number of allylic oxidation sites excluding steroid dienone is 2. The van der Waals surface area contributed by atoms with Gasteiger partial charge in [0.1, 0.15) is 0 Å². The first-order chi connectivity index (χ1) is 13.0. The molecule has 3 rings (SSSR count). The quantitative estimate of drug-likeness (QED) is 0.802. The minimum absolute atomic E-state index is 0.0812. The molecule has 0 bridgehead atoms. The molecule has 146 valence electrons. The van der Waals surface area contributed by atoms with Gasteiger partial charge < -0.3 is 15.0 Å². The predicted molar refractivity (Wildman–Crippen MR) is 96.4 cm³/mol. The van der Waals surface area contributed by atoms with Crippen LogP contribution in [0.5, 0.6) is 5.75 Å². The number of hydrogen-bond acceptors (Lipinski definition) is 3. The maximum atomic E-state index is 14.2. The van der Waals surface area contributed by atoms with E-state index in [1.165, 1.54) is 0 Å². The summed E-state index contributed by atoms with van der Waals surface area (Å²) in [5.74, 6) is -2.48. The molecule has 1 aliphatic carbocycles. The molecule has 2 aliphatic rings. The maximum absolute atomic E-state index is 14.2. The zero-order valence-electron chi connectivity index (χ0n) is 15.3. The van der Waals surface area contributed by atoms with Crippen LogP contribution in [0.25, 0.3) is 0 Å². The van der Waals surface area contributed by atoms with Crippen LogP contribution in [0.15, 0.2) is 24.3 Å². The second-order valence-electron chi connectivity index (χ2n) is 7.06. The highest BCUT2D eigenvalue weighted by Gasteiger charge is 2.29. The minimum Gasteiger partial charge on any atom is -0.491 e. The fourth-order valence-corrected chi connectivity index (χ4v) is 3.66. The number of piperidine rings is 1. The molecule has 1 saturated heterocycles.